The number of rotatable bonds is 5. The largest absolute Gasteiger partial charge is 0.460 e. The van der Waals surface area contributed by atoms with Gasteiger partial charge in [-0.3, -0.25) is 9.89 Å². The molecule has 0 atom stereocenters. The van der Waals surface area contributed by atoms with Gasteiger partial charge in [-0.05, 0) is 31.2 Å². The fraction of sp³-hybridized carbons (Fsp3) is 0.500. The lowest BCUT2D eigenvalue weighted by Crippen LogP contribution is -2.38. The normalized spacial score (nSPS) is 15.5. The summed E-state index contributed by atoms with van der Waals surface area (Å²) in [5, 5.41) is 8.74. The Labute approximate surface area is 144 Å². The molecule has 0 saturated carbocycles. The van der Waals surface area contributed by atoms with Gasteiger partial charge in [0.25, 0.3) is 5.82 Å². The van der Waals surface area contributed by atoms with Gasteiger partial charge in [0.1, 0.15) is 5.82 Å². The molecule has 0 aromatic carbocycles. The van der Waals surface area contributed by atoms with Crippen molar-refractivity contribution < 1.29 is 14.3 Å². The molecule has 0 unspecified atom stereocenters. The predicted octanol–water partition coefficient (Wildman–Crippen LogP) is 1.99. The fourth-order valence-corrected chi connectivity index (χ4v) is 3.52. The summed E-state index contributed by atoms with van der Waals surface area (Å²) >= 11 is 1.61. The molecule has 1 amide bonds. The van der Waals surface area contributed by atoms with Crippen LogP contribution in [0.5, 0.6) is 0 Å². The molecule has 1 saturated heterocycles. The number of esters is 1. The monoisotopic (exact) mass is 348 g/mol. The number of hydrogen-bond acceptors (Lipinski definition) is 6. The van der Waals surface area contributed by atoms with Crippen LogP contribution in [0, 0.1) is 0 Å². The van der Waals surface area contributed by atoms with Crippen LogP contribution in [0.2, 0.25) is 0 Å². The molecule has 1 aliphatic rings. The minimum Gasteiger partial charge on any atom is -0.460 e. The number of hydrogen-bond donors (Lipinski definition) is 1. The van der Waals surface area contributed by atoms with Crippen molar-refractivity contribution in [2.24, 2.45) is 0 Å². The molecule has 1 N–H and O–H groups in total. The van der Waals surface area contributed by atoms with Crippen LogP contribution >= 0.6 is 11.3 Å². The summed E-state index contributed by atoms with van der Waals surface area (Å²) in [7, 11) is 0. The average Bonchev–Trinajstić information content (AvgIpc) is 3.27. The lowest BCUT2D eigenvalue weighted by molar-refractivity contribution is -0.131. The van der Waals surface area contributed by atoms with E-state index in [1.807, 2.05) is 22.4 Å². The van der Waals surface area contributed by atoms with E-state index in [4.69, 9.17) is 4.74 Å². The molecule has 0 radical (unpaired) electrons. The number of nitrogens with one attached hydrogen (secondary N) is 1. The number of aromatic nitrogens is 3. The summed E-state index contributed by atoms with van der Waals surface area (Å²) in [4.78, 5) is 31.2. The summed E-state index contributed by atoms with van der Waals surface area (Å²) < 4.78 is 4.89. The van der Waals surface area contributed by atoms with E-state index in [2.05, 4.69) is 15.2 Å². The van der Waals surface area contributed by atoms with Crippen LogP contribution in [-0.4, -0.2) is 51.7 Å². The molecular weight excluding hydrogens is 328 g/mol. The van der Waals surface area contributed by atoms with E-state index >= 15 is 0 Å². The predicted molar refractivity (Wildman–Crippen MR) is 88.9 cm³/mol. The van der Waals surface area contributed by atoms with Gasteiger partial charge in [0.05, 0.1) is 13.0 Å². The first kappa shape index (κ1) is 16.6. The Hall–Kier alpha value is -2.22. The average molecular weight is 348 g/mol. The van der Waals surface area contributed by atoms with Crippen molar-refractivity contribution >= 4 is 23.2 Å². The number of nitrogens with zero attached hydrogens (tertiary/aromatic N) is 3. The van der Waals surface area contributed by atoms with E-state index in [1.165, 1.54) is 0 Å². The van der Waals surface area contributed by atoms with E-state index in [0.29, 0.717) is 31.9 Å². The van der Waals surface area contributed by atoms with E-state index in [1.54, 1.807) is 18.3 Å². The molecule has 2 aromatic rings. The highest BCUT2D eigenvalue weighted by Gasteiger charge is 2.27. The Balaban J connectivity index is 1.53. The molecule has 0 aliphatic carbocycles. The first-order valence-electron chi connectivity index (χ1n) is 8.07. The van der Waals surface area contributed by atoms with Crippen LogP contribution in [0.3, 0.4) is 0 Å². The van der Waals surface area contributed by atoms with E-state index in [0.717, 1.165) is 17.7 Å². The van der Waals surface area contributed by atoms with Crippen LogP contribution in [0.4, 0.5) is 0 Å². The topological polar surface area (TPSA) is 88.2 Å². The van der Waals surface area contributed by atoms with E-state index in [9.17, 15) is 9.59 Å². The summed E-state index contributed by atoms with van der Waals surface area (Å²) in [6.07, 6.45) is 2.10. The number of amides is 1. The second-order valence-electron chi connectivity index (χ2n) is 5.68. The third kappa shape index (κ3) is 3.81. The molecule has 0 bridgehead atoms. The number of piperidine rings is 1. The standard InChI is InChI=1S/C16H20N4O3S/c1-2-23-16(22)15-17-14(18-19-15)11-5-7-20(8-6-11)13(21)10-12-4-3-9-24-12/h3-4,9,11H,2,5-8,10H2,1H3,(H,17,18,19). The number of H-pyrrole nitrogens is 1. The van der Waals surface area contributed by atoms with Gasteiger partial charge in [0, 0.05) is 23.9 Å². The summed E-state index contributed by atoms with van der Waals surface area (Å²) in [5.74, 6) is 0.613. The molecule has 7 nitrogen and oxygen atoms in total. The second kappa shape index (κ2) is 7.57. The summed E-state index contributed by atoms with van der Waals surface area (Å²) in [5.41, 5.74) is 0. The Morgan fingerprint density at radius 2 is 2.21 bits per heavy atom. The molecule has 3 heterocycles. The molecule has 3 rings (SSSR count). The molecule has 8 heteroatoms. The molecule has 1 fully saturated rings. The van der Waals surface area contributed by atoms with Gasteiger partial charge in [0.2, 0.25) is 5.91 Å². The minimum absolute atomic E-state index is 0.0723. The number of thiophene rings is 1. The molecule has 2 aromatic heterocycles. The Kier molecular flexibility index (Phi) is 5.24. The zero-order chi connectivity index (χ0) is 16.9. The maximum atomic E-state index is 12.3. The van der Waals surface area contributed by atoms with Gasteiger partial charge in [-0.2, -0.15) is 0 Å². The van der Waals surface area contributed by atoms with Crippen molar-refractivity contribution in [2.75, 3.05) is 19.7 Å². The van der Waals surface area contributed by atoms with E-state index in [-0.39, 0.29) is 17.6 Å². The van der Waals surface area contributed by atoms with Gasteiger partial charge in [-0.15, -0.1) is 16.4 Å². The highest BCUT2D eigenvalue weighted by atomic mass is 32.1. The van der Waals surface area contributed by atoms with Crippen LogP contribution in [0.25, 0.3) is 0 Å². The van der Waals surface area contributed by atoms with Gasteiger partial charge >= 0.3 is 5.97 Å². The third-order valence-electron chi connectivity index (χ3n) is 4.10. The zero-order valence-corrected chi connectivity index (χ0v) is 14.3. The van der Waals surface area contributed by atoms with Crippen molar-refractivity contribution in [3.05, 3.63) is 34.0 Å². The highest BCUT2D eigenvalue weighted by Crippen LogP contribution is 2.26. The first-order valence-corrected chi connectivity index (χ1v) is 8.95. The second-order valence-corrected chi connectivity index (χ2v) is 6.71. The maximum absolute atomic E-state index is 12.3. The van der Waals surface area contributed by atoms with Gasteiger partial charge < -0.3 is 9.64 Å². The Bertz CT molecular complexity index is 690. The highest BCUT2D eigenvalue weighted by molar-refractivity contribution is 7.10. The van der Waals surface area contributed by atoms with Crippen molar-refractivity contribution in [1.82, 2.24) is 20.1 Å². The van der Waals surface area contributed by atoms with Gasteiger partial charge in [-0.25, -0.2) is 9.78 Å². The lowest BCUT2D eigenvalue weighted by Gasteiger charge is -2.31. The first-order chi connectivity index (χ1) is 11.7. The number of carbonyl (C=O) groups is 2. The SMILES string of the molecule is CCOC(=O)c1n[nH]c(C2CCN(C(=O)Cc3cccs3)CC2)n1. The van der Waals surface area contributed by atoms with Crippen LogP contribution < -0.4 is 0 Å². The zero-order valence-electron chi connectivity index (χ0n) is 13.5. The third-order valence-corrected chi connectivity index (χ3v) is 4.98. The summed E-state index contributed by atoms with van der Waals surface area (Å²) in [6.45, 7) is 3.44. The minimum atomic E-state index is -0.511. The van der Waals surface area contributed by atoms with Gasteiger partial charge in [0.15, 0.2) is 0 Å². The van der Waals surface area contributed by atoms with Crippen LogP contribution in [-0.2, 0) is 16.0 Å². The molecule has 24 heavy (non-hydrogen) atoms. The quantitative estimate of drug-likeness (QED) is 0.835. The van der Waals surface area contributed by atoms with Crippen LogP contribution in [0.1, 0.15) is 47.0 Å². The number of likely N-dealkylation sites (tertiary alicyclic amines) is 1. The smallest absolute Gasteiger partial charge is 0.378 e. The Morgan fingerprint density at radius 3 is 2.88 bits per heavy atom. The van der Waals surface area contributed by atoms with Crippen molar-refractivity contribution in [3.63, 3.8) is 0 Å². The summed E-state index contributed by atoms with van der Waals surface area (Å²) in [6, 6.07) is 3.95. The Morgan fingerprint density at radius 1 is 1.42 bits per heavy atom. The maximum Gasteiger partial charge on any atom is 0.378 e. The molecule has 1 aliphatic heterocycles. The fourth-order valence-electron chi connectivity index (χ4n) is 2.82. The lowest BCUT2D eigenvalue weighted by atomic mass is 9.96. The van der Waals surface area contributed by atoms with Crippen molar-refractivity contribution in [1.29, 1.82) is 0 Å². The molecule has 0 spiro atoms. The number of carbonyl (C=O) groups excluding carboxylic acids is 2. The number of ether oxygens (including phenoxy) is 1. The van der Waals surface area contributed by atoms with Crippen LogP contribution in [0.15, 0.2) is 17.5 Å². The molecule has 128 valence electrons. The number of aromatic amines is 1. The van der Waals surface area contributed by atoms with E-state index < -0.39 is 5.97 Å². The van der Waals surface area contributed by atoms with Gasteiger partial charge in [-0.1, -0.05) is 6.07 Å². The van der Waals surface area contributed by atoms with Crippen molar-refractivity contribution in [2.45, 2.75) is 32.1 Å². The molecular formula is C16H20N4O3S. The van der Waals surface area contributed by atoms with Crippen molar-refractivity contribution in [3.8, 4) is 0 Å².